The maximum Gasteiger partial charge on any atom is 0.0643 e. The lowest BCUT2D eigenvalue weighted by atomic mass is 10.3. The first-order valence-electron chi connectivity index (χ1n) is 2.74. The van der Waals surface area contributed by atoms with Crippen molar-refractivity contribution in [1.82, 2.24) is 5.32 Å². The second kappa shape index (κ2) is 4.13. The Morgan fingerprint density at radius 3 is 2.38 bits per heavy atom. The Morgan fingerprint density at radius 2 is 2.25 bits per heavy atom. The predicted molar refractivity (Wildman–Crippen MR) is 35.5 cm³/mol. The summed E-state index contributed by atoms with van der Waals surface area (Å²) >= 11 is 0. The highest BCUT2D eigenvalue weighted by Crippen LogP contribution is 1.97. The minimum absolute atomic E-state index is 0. The molecule has 0 aliphatic carbocycles. The molecule has 0 saturated carbocycles. The molecule has 0 aromatic rings. The number of halogens is 1. The van der Waals surface area contributed by atoms with Crippen molar-refractivity contribution in [3.8, 4) is 0 Å². The van der Waals surface area contributed by atoms with E-state index in [0.29, 0.717) is 6.04 Å². The second-order valence-corrected chi connectivity index (χ2v) is 1.79. The maximum atomic E-state index is 4.92. The fraction of sp³-hybridized carbons (Fsp3) is 1.00. The second-order valence-electron chi connectivity index (χ2n) is 1.79. The average Bonchev–Trinajstić information content (AvgIpc) is 1.55. The van der Waals surface area contributed by atoms with Gasteiger partial charge in [-0.05, 0) is 6.54 Å². The van der Waals surface area contributed by atoms with Crippen LogP contribution in [0.5, 0.6) is 0 Å². The van der Waals surface area contributed by atoms with E-state index in [0.717, 1.165) is 19.8 Å². The third kappa shape index (κ3) is 1.99. The van der Waals surface area contributed by atoms with Gasteiger partial charge in [-0.3, -0.25) is 0 Å². The van der Waals surface area contributed by atoms with Gasteiger partial charge in [0.1, 0.15) is 0 Å². The number of nitrogens with one attached hydrogen (secondary N) is 1. The molecule has 1 saturated heterocycles. The zero-order valence-corrected chi connectivity index (χ0v) is 5.83. The van der Waals surface area contributed by atoms with Crippen molar-refractivity contribution in [2.75, 3.05) is 19.8 Å². The molecule has 2 nitrogen and oxygen atoms in total. The van der Waals surface area contributed by atoms with Crippen LogP contribution in [0, 0.1) is 0 Å². The molecule has 0 spiro atoms. The van der Waals surface area contributed by atoms with E-state index in [-0.39, 0.29) is 12.4 Å². The third-order valence-corrected chi connectivity index (χ3v) is 1.13. The van der Waals surface area contributed by atoms with E-state index in [1.165, 1.54) is 0 Å². The van der Waals surface area contributed by atoms with Crippen molar-refractivity contribution >= 4 is 12.4 Å². The monoisotopic (exact) mass is 137 g/mol. The van der Waals surface area contributed by atoms with Crippen LogP contribution in [0.15, 0.2) is 0 Å². The summed E-state index contributed by atoms with van der Waals surface area (Å²) in [7, 11) is 0. The van der Waals surface area contributed by atoms with Crippen molar-refractivity contribution < 1.29 is 4.74 Å². The summed E-state index contributed by atoms with van der Waals surface area (Å²) in [6, 6.07) is 0.657. The molecule has 0 aromatic carbocycles. The lowest BCUT2D eigenvalue weighted by molar-refractivity contribution is -0.00418. The first-order chi connectivity index (χ1) is 3.43. The third-order valence-electron chi connectivity index (χ3n) is 1.13. The summed E-state index contributed by atoms with van der Waals surface area (Å²) in [5.41, 5.74) is 0. The minimum Gasteiger partial charge on any atom is -0.378 e. The first kappa shape index (κ1) is 8.21. The largest absolute Gasteiger partial charge is 0.378 e. The molecule has 1 aliphatic heterocycles. The van der Waals surface area contributed by atoms with Gasteiger partial charge in [-0.25, -0.2) is 0 Å². The maximum absolute atomic E-state index is 4.92. The van der Waals surface area contributed by atoms with Crippen LogP contribution in [0.1, 0.15) is 6.92 Å². The van der Waals surface area contributed by atoms with E-state index in [9.17, 15) is 0 Å². The molecule has 1 fully saturated rings. The Kier molecular flexibility index (Phi) is 4.23. The summed E-state index contributed by atoms with van der Waals surface area (Å²) in [4.78, 5) is 0. The van der Waals surface area contributed by atoms with Crippen LogP contribution >= 0.6 is 12.4 Å². The van der Waals surface area contributed by atoms with Gasteiger partial charge >= 0.3 is 0 Å². The zero-order valence-electron chi connectivity index (χ0n) is 5.02. The fourth-order valence-electron chi connectivity index (χ4n) is 0.642. The van der Waals surface area contributed by atoms with Crippen molar-refractivity contribution in [2.45, 2.75) is 13.0 Å². The van der Waals surface area contributed by atoms with Crippen LogP contribution in [-0.4, -0.2) is 25.8 Å². The lowest BCUT2D eigenvalue weighted by Crippen LogP contribution is -2.45. The summed E-state index contributed by atoms with van der Waals surface area (Å²) in [6.07, 6.45) is 0. The number of hydrogen-bond donors (Lipinski definition) is 1. The van der Waals surface area contributed by atoms with Gasteiger partial charge in [-0.1, -0.05) is 6.92 Å². The standard InChI is InChI=1S/C5H11NO.ClH/c1-2-6-5-3-7-4-5;/h5-6H,2-4H2,1H3;1H. The molecule has 0 bridgehead atoms. The van der Waals surface area contributed by atoms with E-state index in [1.807, 2.05) is 0 Å². The lowest BCUT2D eigenvalue weighted by Gasteiger charge is -2.26. The van der Waals surface area contributed by atoms with Crippen molar-refractivity contribution in [1.29, 1.82) is 0 Å². The SMILES string of the molecule is CCNC1COC1.Cl. The smallest absolute Gasteiger partial charge is 0.0643 e. The molecule has 0 atom stereocenters. The Morgan fingerprint density at radius 1 is 1.62 bits per heavy atom. The summed E-state index contributed by atoms with van der Waals surface area (Å²) < 4.78 is 4.92. The number of hydrogen-bond acceptors (Lipinski definition) is 2. The molecule has 8 heavy (non-hydrogen) atoms. The van der Waals surface area contributed by atoms with Gasteiger partial charge in [0.2, 0.25) is 0 Å². The van der Waals surface area contributed by atoms with Crippen LogP contribution in [-0.2, 0) is 4.74 Å². The topological polar surface area (TPSA) is 21.3 Å². The number of likely N-dealkylation sites (N-methyl/N-ethyl adjacent to an activating group) is 1. The molecule has 0 aromatic heterocycles. The van der Waals surface area contributed by atoms with Gasteiger partial charge in [0.15, 0.2) is 0 Å². The highest BCUT2D eigenvalue weighted by molar-refractivity contribution is 5.85. The summed E-state index contributed by atoms with van der Waals surface area (Å²) in [6.45, 7) is 4.99. The molecule has 0 radical (unpaired) electrons. The van der Waals surface area contributed by atoms with Gasteiger partial charge in [-0.2, -0.15) is 0 Å². The van der Waals surface area contributed by atoms with E-state index in [1.54, 1.807) is 0 Å². The van der Waals surface area contributed by atoms with Crippen LogP contribution in [0.4, 0.5) is 0 Å². The Labute approximate surface area is 56.0 Å². The van der Waals surface area contributed by atoms with Crippen LogP contribution < -0.4 is 5.32 Å². The van der Waals surface area contributed by atoms with Crippen molar-refractivity contribution in [3.05, 3.63) is 0 Å². The average molecular weight is 138 g/mol. The molecule has 1 rings (SSSR count). The summed E-state index contributed by atoms with van der Waals surface area (Å²) in [5.74, 6) is 0. The molecule has 1 aliphatic rings. The number of ether oxygens (including phenoxy) is 1. The molecular weight excluding hydrogens is 126 g/mol. The van der Waals surface area contributed by atoms with E-state index in [2.05, 4.69) is 12.2 Å². The molecule has 1 heterocycles. The predicted octanol–water partition coefficient (Wildman–Crippen LogP) is 0.416. The Balaban J connectivity index is 0.000000490. The molecule has 0 unspecified atom stereocenters. The Bertz CT molecular complexity index is 56.4. The van der Waals surface area contributed by atoms with E-state index >= 15 is 0 Å². The zero-order chi connectivity index (χ0) is 5.11. The van der Waals surface area contributed by atoms with Crippen molar-refractivity contribution in [2.24, 2.45) is 0 Å². The van der Waals surface area contributed by atoms with Gasteiger partial charge < -0.3 is 10.1 Å². The van der Waals surface area contributed by atoms with Gasteiger partial charge in [0.05, 0.1) is 19.3 Å². The molecule has 1 N–H and O–H groups in total. The van der Waals surface area contributed by atoms with E-state index in [4.69, 9.17) is 4.74 Å². The minimum atomic E-state index is 0. The molecule has 50 valence electrons. The first-order valence-corrected chi connectivity index (χ1v) is 2.74. The summed E-state index contributed by atoms with van der Waals surface area (Å²) in [5, 5.41) is 3.26. The van der Waals surface area contributed by atoms with Crippen LogP contribution in [0.3, 0.4) is 0 Å². The van der Waals surface area contributed by atoms with Gasteiger partial charge in [-0.15, -0.1) is 12.4 Å². The van der Waals surface area contributed by atoms with Crippen LogP contribution in [0.25, 0.3) is 0 Å². The van der Waals surface area contributed by atoms with Gasteiger partial charge in [0, 0.05) is 0 Å². The highest BCUT2D eigenvalue weighted by atomic mass is 35.5. The molecule has 3 heteroatoms. The van der Waals surface area contributed by atoms with Gasteiger partial charge in [0.25, 0.3) is 0 Å². The number of rotatable bonds is 2. The van der Waals surface area contributed by atoms with Crippen molar-refractivity contribution in [3.63, 3.8) is 0 Å². The fourth-order valence-corrected chi connectivity index (χ4v) is 0.642. The quantitative estimate of drug-likeness (QED) is 0.596. The Hall–Kier alpha value is 0.210. The van der Waals surface area contributed by atoms with E-state index < -0.39 is 0 Å². The normalized spacial score (nSPS) is 19.1. The highest BCUT2D eigenvalue weighted by Gasteiger charge is 2.15. The molecule has 0 amide bonds. The molecular formula is C5H12ClNO. The van der Waals surface area contributed by atoms with Crippen LogP contribution in [0.2, 0.25) is 0 Å².